The zero-order chi connectivity index (χ0) is 19.2. The summed E-state index contributed by atoms with van der Waals surface area (Å²) >= 11 is 0. The molecule has 6 rings (SSSR count). The lowest BCUT2D eigenvalue weighted by Gasteiger charge is -2.30. The number of nitrogens with zero attached hydrogens (tertiary/aromatic N) is 6. The topological polar surface area (TPSA) is 79.3 Å². The lowest BCUT2D eigenvalue weighted by atomic mass is 10.2. The van der Waals surface area contributed by atoms with Crippen molar-refractivity contribution in [3.05, 3.63) is 42.9 Å². The molecule has 0 bridgehead atoms. The number of morpholine rings is 1. The Hall–Kier alpha value is -3.00. The molecule has 1 aliphatic carbocycles. The molecular formula is C21H23N7O. The van der Waals surface area contributed by atoms with E-state index in [1.165, 1.54) is 0 Å². The van der Waals surface area contributed by atoms with E-state index in [2.05, 4.69) is 42.2 Å². The number of aromatic nitrogens is 4. The highest BCUT2D eigenvalue weighted by Crippen LogP contribution is 2.48. The van der Waals surface area contributed by atoms with Crippen molar-refractivity contribution in [2.45, 2.75) is 6.04 Å². The largest absolute Gasteiger partial charge is 0.378 e. The molecule has 0 amide bonds. The summed E-state index contributed by atoms with van der Waals surface area (Å²) in [5, 5.41) is 4.61. The Morgan fingerprint density at radius 3 is 2.48 bits per heavy atom. The van der Waals surface area contributed by atoms with Crippen LogP contribution in [-0.4, -0.2) is 65.4 Å². The molecule has 29 heavy (non-hydrogen) atoms. The molecule has 2 atom stereocenters. The van der Waals surface area contributed by atoms with Gasteiger partial charge in [0.1, 0.15) is 11.6 Å². The van der Waals surface area contributed by atoms with Gasteiger partial charge in [-0.1, -0.05) is 0 Å². The highest BCUT2D eigenvalue weighted by atomic mass is 16.5. The monoisotopic (exact) mass is 389 g/mol. The van der Waals surface area contributed by atoms with Crippen LogP contribution in [0.2, 0.25) is 0 Å². The van der Waals surface area contributed by atoms with Gasteiger partial charge in [-0.05, 0) is 18.2 Å². The third-order valence-corrected chi connectivity index (χ3v) is 6.26. The van der Waals surface area contributed by atoms with Crippen LogP contribution in [0.5, 0.6) is 0 Å². The van der Waals surface area contributed by atoms with E-state index in [0.717, 1.165) is 67.9 Å². The first-order valence-corrected chi connectivity index (χ1v) is 10.2. The second-order valence-electron chi connectivity index (χ2n) is 7.95. The van der Waals surface area contributed by atoms with Crippen LogP contribution < -0.4 is 15.1 Å². The minimum absolute atomic E-state index is 0.459. The second kappa shape index (κ2) is 6.81. The summed E-state index contributed by atoms with van der Waals surface area (Å²) in [6.45, 7) is 5.25. The summed E-state index contributed by atoms with van der Waals surface area (Å²) in [7, 11) is 0. The zero-order valence-electron chi connectivity index (χ0n) is 16.1. The average Bonchev–Trinajstić information content (AvgIpc) is 3.21. The molecule has 2 saturated heterocycles. The number of piperidine rings is 1. The van der Waals surface area contributed by atoms with Gasteiger partial charge in [-0.25, -0.2) is 15.0 Å². The van der Waals surface area contributed by atoms with Crippen molar-refractivity contribution >= 4 is 28.5 Å². The van der Waals surface area contributed by atoms with E-state index in [4.69, 9.17) is 9.72 Å². The van der Waals surface area contributed by atoms with Crippen LogP contribution in [0.1, 0.15) is 0 Å². The number of hydrogen-bond acceptors (Lipinski definition) is 8. The van der Waals surface area contributed by atoms with Gasteiger partial charge in [-0.3, -0.25) is 4.98 Å². The Labute approximate surface area is 168 Å². The molecule has 148 valence electrons. The fourth-order valence-electron chi connectivity index (χ4n) is 4.68. The molecule has 3 aromatic heterocycles. The molecule has 5 heterocycles. The van der Waals surface area contributed by atoms with Crippen LogP contribution in [0.4, 0.5) is 17.6 Å². The van der Waals surface area contributed by atoms with Crippen LogP contribution in [0.25, 0.3) is 10.9 Å². The third kappa shape index (κ3) is 3.04. The SMILES string of the molecule is c1cnc(NC2C3CN(c4nc(N5CCOCC5)cc5ncccc45)CC32)nc1. The Balaban J connectivity index is 1.25. The van der Waals surface area contributed by atoms with E-state index in [-0.39, 0.29) is 0 Å². The van der Waals surface area contributed by atoms with Crippen LogP contribution in [-0.2, 0) is 4.74 Å². The van der Waals surface area contributed by atoms with E-state index < -0.39 is 0 Å². The molecule has 3 aliphatic rings. The van der Waals surface area contributed by atoms with Gasteiger partial charge in [0.05, 0.1) is 18.7 Å². The predicted molar refractivity (Wildman–Crippen MR) is 111 cm³/mol. The molecule has 0 aromatic carbocycles. The van der Waals surface area contributed by atoms with Gasteiger partial charge in [-0.15, -0.1) is 0 Å². The van der Waals surface area contributed by atoms with E-state index in [0.29, 0.717) is 17.9 Å². The maximum atomic E-state index is 5.51. The molecule has 8 heteroatoms. The van der Waals surface area contributed by atoms with E-state index >= 15 is 0 Å². The van der Waals surface area contributed by atoms with Gasteiger partial charge in [0.25, 0.3) is 0 Å². The van der Waals surface area contributed by atoms with Crippen molar-refractivity contribution in [3.8, 4) is 0 Å². The van der Waals surface area contributed by atoms with E-state index in [9.17, 15) is 0 Å². The molecule has 1 N–H and O–H groups in total. The normalized spacial score (nSPS) is 25.9. The average molecular weight is 389 g/mol. The highest BCUT2D eigenvalue weighted by Gasteiger charge is 2.56. The lowest BCUT2D eigenvalue weighted by Crippen LogP contribution is -2.37. The molecule has 0 radical (unpaired) electrons. The maximum absolute atomic E-state index is 5.51. The highest BCUT2D eigenvalue weighted by molar-refractivity contribution is 5.92. The third-order valence-electron chi connectivity index (χ3n) is 6.26. The molecule has 3 fully saturated rings. The molecule has 1 saturated carbocycles. The van der Waals surface area contributed by atoms with Crippen LogP contribution in [0.15, 0.2) is 42.9 Å². The Morgan fingerprint density at radius 2 is 1.69 bits per heavy atom. The maximum Gasteiger partial charge on any atom is 0.222 e. The van der Waals surface area contributed by atoms with Crippen molar-refractivity contribution in [3.63, 3.8) is 0 Å². The van der Waals surface area contributed by atoms with Crippen molar-refractivity contribution in [2.75, 3.05) is 54.5 Å². The van der Waals surface area contributed by atoms with Gasteiger partial charge in [0.15, 0.2) is 0 Å². The first-order valence-electron chi connectivity index (χ1n) is 10.2. The van der Waals surface area contributed by atoms with E-state index in [1.54, 1.807) is 12.4 Å². The van der Waals surface area contributed by atoms with Gasteiger partial charge in [0, 0.05) is 74.1 Å². The van der Waals surface area contributed by atoms with Gasteiger partial charge in [-0.2, -0.15) is 0 Å². The fourth-order valence-corrected chi connectivity index (χ4v) is 4.68. The first kappa shape index (κ1) is 16.9. The second-order valence-corrected chi connectivity index (χ2v) is 7.95. The quantitative estimate of drug-likeness (QED) is 0.724. The first-order chi connectivity index (χ1) is 14.4. The van der Waals surface area contributed by atoms with Crippen LogP contribution in [0, 0.1) is 11.8 Å². The number of anilines is 3. The summed E-state index contributed by atoms with van der Waals surface area (Å²) in [6.07, 6.45) is 5.41. The van der Waals surface area contributed by atoms with Crippen molar-refractivity contribution in [2.24, 2.45) is 11.8 Å². The van der Waals surface area contributed by atoms with E-state index in [1.807, 2.05) is 18.3 Å². The Morgan fingerprint density at radius 1 is 0.931 bits per heavy atom. The number of rotatable bonds is 4. The molecular weight excluding hydrogens is 366 g/mol. The molecule has 2 unspecified atom stereocenters. The lowest BCUT2D eigenvalue weighted by molar-refractivity contribution is 0.122. The zero-order valence-corrected chi connectivity index (χ0v) is 16.1. The smallest absolute Gasteiger partial charge is 0.222 e. The van der Waals surface area contributed by atoms with Gasteiger partial charge >= 0.3 is 0 Å². The standard InChI is InChI=1S/C21H23N7O/c1-3-14-17(22-4-1)11-18(27-7-9-29-10-8-27)25-20(14)28-12-15-16(13-28)19(15)26-21-23-5-2-6-24-21/h1-6,11,15-16,19H,7-10,12-13H2,(H,23,24,26). The minimum Gasteiger partial charge on any atom is -0.378 e. The summed E-state index contributed by atoms with van der Waals surface area (Å²) in [6, 6.07) is 8.53. The molecule has 2 aliphatic heterocycles. The minimum atomic E-state index is 0.459. The van der Waals surface area contributed by atoms with Gasteiger partial charge < -0.3 is 19.9 Å². The van der Waals surface area contributed by atoms with Crippen molar-refractivity contribution < 1.29 is 4.74 Å². The number of nitrogens with one attached hydrogen (secondary N) is 1. The predicted octanol–water partition coefficient (Wildman–Crippen LogP) is 1.80. The van der Waals surface area contributed by atoms with Gasteiger partial charge in [0.2, 0.25) is 5.95 Å². The molecule has 3 aromatic rings. The van der Waals surface area contributed by atoms with Crippen LogP contribution >= 0.6 is 0 Å². The number of hydrogen-bond donors (Lipinski definition) is 1. The fraction of sp³-hybridized carbons (Fsp3) is 0.429. The molecule has 8 nitrogen and oxygen atoms in total. The van der Waals surface area contributed by atoms with Crippen LogP contribution in [0.3, 0.4) is 0 Å². The van der Waals surface area contributed by atoms with Crippen molar-refractivity contribution in [1.82, 2.24) is 19.9 Å². The summed E-state index contributed by atoms with van der Waals surface area (Å²) in [5.41, 5.74) is 1.01. The number of pyridine rings is 2. The number of fused-ring (bicyclic) bond motifs is 2. The summed E-state index contributed by atoms with van der Waals surface area (Å²) < 4.78 is 5.51. The summed E-state index contributed by atoms with van der Waals surface area (Å²) in [4.78, 5) is 23.0. The Bertz CT molecular complexity index is 1010. The van der Waals surface area contributed by atoms with Crippen molar-refractivity contribution in [1.29, 1.82) is 0 Å². The Kier molecular flexibility index (Phi) is 3.97. The summed E-state index contributed by atoms with van der Waals surface area (Å²) in [5.74, 6) is 4.00. The number of ether oxygens (including phenoxy) is 1. The molecule has 0 spiro atoms.